The van der Waals surface area contributed by atoms with Crippen LogP contribution in [-0.4, -0.2) is 4.98 Å². The van der Waals surface area contributed by atoms with Gasteiger partial charge in [0.15, 0.2) is 0 Å². The van der Waals surface area contributed by atoms with Crippen LogP contribution >= 0.6 is 0 Å². The second-order valence-corrected chi connectivity index (χ2v) is 1.96. The average Bonchev–Trinajstić information content (AvgIpc) is 2.64. The zero-order valence-electron chi connectivity index (χ0n) is 6.60. The predicted molar refractivity (Wildman–Crippen MR) is 44.6 cm³/mol. The van der Waals surface area contributed by atoms with E-state index in [1.54, 1.807) is 12.3 Å². The summed E-state index contributed by atoms with van der Waals surface area (Å²) >= 11 is 0. The molecule has 1 heterocycles. The Morgan fingerprint density at radius 1 is 1.25 bits per heavy atom. The van der Waals surface area contributed by atoms with Gasteiger partial charge in [0.1, 0.15) is 0 Å². The van der Waals surface area contributed by atoms with E-state index in [1.165, 1.54) is 0 Å². The van der Waals surface area contributed by atoms with Crippen molar-refractivity contribution in [3.63, 3.8) is 0 Å². The smallest absolute Gasteiger partial charge is 0.394 e. The van der Waals surface area contributed by atoms with Crippen molar-refractivity contribution < 1.29 is 17.4 Å². The van der Waals surface area contributed by atoms with Crippen LogP contribution in [0, 0.1) is 12.3 Å². The van der Waals surface area contributed by atoms with Crippen LogP contribution in [0.3, 0.4) is 0 Å². The Labute approximate surface area is 84.0 Å². The van der Waals surface area contributed by atoms with Gasteiger partial charge < -0.3 is 4.98 Å². The first-order valence-corrected chi connectivity index (χ1v) is 3.49. The minimum atomic E-state index is 0. The van der Waals surface area contributed by atoms with Gasteiger partial charge in [-0.05, 0) is 0 Å². The molecule has 0 saturated heterocycles. The number of allylic oxidation sites excluding steroid dienone is 4. The Kier molecular flexibility index (Phi) is 7.68. The van der Waals surface area contributed by atoms with Crippen LogP contribution in [0.25, 0.3) is 0 Å². The summed E-state index contributed by atoms with van der Waals surface area (Å²) in [6.07, 6.45) is 14.3. The monoisotopic (exact) mass is 195 g/mol. The molecule has 2 heteroatoms. The van der Waals surface area contributed by atoms with E-state index in [4.69, 9.17) is 0 Å². The molecule has 1 aliphatic rings. The van der Waals surface area contributed by atoms with Crippen LogP contribution < -0.4 is 0 Å². The third-order valence-electron chi connectivity index (χ3n) is 1.10. The minimum Gasteiger partial charge on any atom is -0.394 e. The van der Waals surface area contributed by atoms with E-state index in [0.717, 1.165) is 6.42 Å². The van der Waals surface area contributed by atoms with Gasteiger partial charge >= 0.3 is 17.4 Å². The Bertz CT molecular complexity index is 192. The van der Waals surface area contributed by atoms with E-state index in [2.05, 4.69) is 23.3 Å². The van der Waals surface area contributed by atoms with Crippen molar-refractivity contribution in [1.29, 1.82) is 0 Å². The Balaban J connectivity index is 0.000000189. The molecule has 1 aliphatic carbocycles. The third kappa shape index (κ3) is 5.91. The van der Waals surface area contributed by atoms with Crippen LogP contribution in [0.15, 0.2) is 42.6 Å². The second kappa shape index (κ2) is 8.26. The van der Waals surface area contributed by atoms with Crippen molar-refractivity contribution >= 4 is 0 Å². The average molecular weight is 195 g/mol. The van der Waals surface area contributed by atoms with Crippen LogP contribution in [0.2, 0.25) is 0 Å². The molecule has 0 bridgehead atoms. The van der Waals surface area contributed by atoms with Gasteiger partial charge in [0, 0.05) is 0 Å². The first-order valence-electron chi connectivity index (χ1n) is 3.49. The van der Waals surface area contributed by atoms with Crippen molar-refractivity contribution in [2.75, 3.05) is 0 Å². The van der Waals surface area contributed by atoms with E-state index in [9.17, 15) is 0 Å². The number of aromatic nitrogens is 1. The molecule has 1 nitrogen and oxygen atoms in total. The van der Waals surface area contributed by atoms with Crippen molar-refractivity contribution in [3.8, 4) is 0 Å². The Hall–Kier alpha value is -0.838. The van der Waals surface area contributed by atoms with Crippen molar-refractivity contribution in [3.05, 3.63) is 54.9 Å². The van der Waals surface area contributed by atoms with Gasteiger partial charge in [0.25, 0.3) is 0 Å². The molecule has 0 saturated carbocycles. The SMILES string of the molecule is [C-]1=CC=CC1.[Cr+2].[c-]1ccccn1. The molecular weight excluding hydrogens is 186 g/mol. The minimum absolute atomic E-state index is 0. The molecular formula is C10H9CrN. The second-order valence-electron chi connectivity index (χ2n) is 1.96. The standard InChI is InChI=1S/C5H4N.C5H5.Cr/c1-2-4-6-5-3-1;1-2-4-5-3-1;/h1-4H;1-3H,4H2;/q2*-1;+2. The van der Waals surface area contributed by atoms with Gasteiger partial charge in [0.05, 0.1) is 0 Å². The maximum absolute atomic E-state index is 3.66. The molecule has 0 radical (unpaired) electrons. The molecule has 1 aromatic heterocycles. The van der Waals surface area contributed by atoms with E-state index in [1.807, 2.05) is 24.3 Å². The molecule has 2 rings (SSSR count). The molecule has 0 amide bonds. The van der Waals surface area contributed by atoms with Gasteiger partial charge in [-0.15, -0.1) is 6.42 Å². The Morgan fingerprint density at radius 2 is 2.17 bits per heavy atom. The summed E-state index contributed by atoms with van der Waals surface area (Å²) in [5.41, 5.74) is 0. The summed E-state index contributed by atoms with van der Waals surface area (Å²) in [6.45, 7) is 0. The number of nitrogens with zero attached hydrogens (tertiary/aromatic N) is 1. The number of hydrogen-bond donors (Lipinski definition) is 0. The molecule has 0 aromatic carbocycles. The molecule has 0 N–H and O–H groups in total. The first-order chi connectivity index (χ1) is 5.50. The van der Waals surface area contributed by atoms with E-state index >= 15 is 0 Å². The quantitative estimate of drug-likeness (QED) is 0.578. The van der Waals surface area contributed by atoms with Crippen molar-refractivity contribution in [2.24, 2.45) is 0 Å². The van der Waals surface area contributed by atoms with E-state index in [0.29, 0.717) is 0 Å². The summed E-state index contributed by atoms with van der Waals surface area (Å²) < 4.78 is 0. The molecule has 0 aliphatic heterocycles. The summed E-state index contributed by atoms with van der Waals surface area (Å²) in [5.74, 6) is 0. The fourth-order valence-corrected chi connectivity index (χ4v) is 0.618. The van der Waals surface area contributed by atoms with Crippen molar-refractivity contribution in [2.45, 2.75) is 6.42 Å². The molecule has 60 valence electrons. The van der Waals surface area contributed by atoms with Crippen LogP contribution in [0.5, 0.6) is 0 Å². The van der Waals surface area contributed by atoms with Crippen molar-refractivity contribution in [1.82, 2.24) is 4.98 Å². The first kappa shape index (κ1) is 11.2. The maximum atomic E-state index is 3.66. The van der Waals surface area contributed by atoms with E-state index < -0.39 is 0 Å². The number of pyridine rings is 1. The zero-order chi connectivity index (χ0) is 7.78. The largest absolute Gasteiger partial charge is 2.00 e. The van der Waals surface area contributed by atoms with Gasteiger partial charge in [-0.25, -0.2) is 12.2 Å². The van der Waals surface area contributed by atoms with Crippen LogP contribution in [-0.2, 0) is 17.4 Å². The molecule has 0 fully saturated rings. The number of hydrogen-bond acceptors (Lipinski definition) is 1. The topological polar surface area (TPSA) is 12.9 Å². The maximum Gasteiger partial charge on any atom is 2.00 e. The summed E-state index contributed by atoms with van der Waals surface area (Å²) in [7, 11) is 0. The van der Waals surface area contributed by atoms with Crippen LogP contribution in [0.4, 0.5) is 0 Å². The molecule has 0 atom stereocenters. The van der Waals surface area contributed by atoms with Gasteiger partial charge in [-0.3, -0.25) is 6.08 Å². The van der Waals surface area contributed by atoms with Gasteiger partial charge in [-0.1, -0.05) is 12.4 Å². The third-order valence-corrected chi connectivity index (χ3v) is 1.10. The predicted octanol–water partition coefficient (Wildman–Crippen LogP) is 2.18. The summed E-state index contributed by atoms with van der Waals surface area (Å²) in [6, 6.07) is 5.50. The molecule has 12 heavy (non-hydrogen) atoms. The summed E-state index contributed by atoms with van der Waals surface area (Å²) in [4.78, 5) is 3.66. The van der Waals surface area contributed by atoms with Gasteiger partial charge in [0.2, 0.25) is 0 Å². The molecule has 0 spiro atoms. The fourth-order valence-electron chi connectivity index (χ4n) is 0.618. The number of rotatable bonds is 0. The van der Waals surface area contributed by atoms with Crippen LogP contribution in [0.1, 0.15) is 6.42 Å². The molecule has 0 unspecified atom stereocenters. The van der Waals surface area contributed by atoms with E-state index in [-0.39, 0.29) is 17.4 Å². The zero-order valence-corrected chi connectivity index (χ0v) is 7.88. The fraction of sp³-hybridized carbons (Fsp3) is 0.100. The van der Waals surface area contributed by atoms with Gasteiger partial charge in [-0.2, -0.15) is 24.3 Å². The molecule has 1 aromatic rings. The normalized spacial score (nSPS) is 11.3. The Morgan fingerprint density at radius 3 is 2.33 bits per heavy atom. The summed E-state index contributed by atoms with van der Waals surface area (Å²) in [5, 5.41) is 0.